The van der Waals surface area contributed by atoms with E-state index < -0.39 is 12.1 Å². The van der Waals surface area contributed by atoms with Crippen LogP contribution in [-0.4, -0.2) is 73.2 Å². The Morgan fingerprint density at radius 2 is 1.76 bits per heavy atom. The van der Waals surface area contributed by atoms with Crippen LogP contribution in [0.15, 0.2) is 78.6 Å². The number of aliphatic hydroxyl groups is 1. The van der Waals surface area contributed by atoms with Crippen molar-refractivity contribution < 1.29 is 24.5 Å². The first-order chi connectivity index (χ1) is 17.9. The maximum atomic E-state index is 11.1. The number of ether oxygens (including phenoxy) is 2. The molecule has 0 amide bonds. The second-order valence-corrected chi connectivity index (χ2v) is 9.63. The molecule has 2 aromatic rings. The Balaban J connectivity index is 1.42. The van der Waals surface area contributed by atoms with Crippen molar-refractivity contribution in [3.8, 4) is 0 Å². The molecule has 2 atom stereocenters. The number of methoxy groups -OCH3 is 2. The summed E-state index contributed by atoms with van der Waals surface area (Å²) in [7, 11) is 3.38. The fourth-order valence-electron chi connectivity index (χ4n) is 5.06. The number of nitrogens with one attached hydrogen (secondary N) is 1. The number of hydrogen-bond donors (Lipinski definition) is 3. The number of carboxylic acids is 1. The van der Waals surface area contributed by atoms with Gasteiger partial charge in [0.2, 0.25) is 0 Å². The third-order valence-corrected chi connectivity index (χ3v) is 7.17. The number of aromatic carboxylic acids is 1. The van der Waals surface area contributed by atoms with E-state index in [0.29, 0.717) is 25.3 Å². The molecule has 3 N–H and O–H groups in total. The van der Waals surface area contributed by atoms with Crippen LogP contribution in [0.5, 0.6) is 0 Å². The van der Waals surface area contributed by atoms with Gasteiger partial charge in [-0.2, -0.15) is 0 Å². The van der Waals surface area contributed by atoms with Gasteiger partial charge in [-0.3, -0.25) is 4.90 Å². The molecule has 4 rings (SSSR count). The largest absolute Gasteiger partial charge is 0.497 e. The molecule has 196 valence electrons. The topological polar surface area (TPSA) is 91.3 Å². The minimum atomic E-state index is -0.966. The van der Waals surface area contributed by atoms with Gasteiger partial charge in [0.1, 0.15) is 5.76 Å². The molecule has 2 aliphatic carbocycles. The lowest BCUT2D eigenvalue weighted by Gasteiger charge is -2.33. The number of carbonyl (C=O) groups is 1. The zero-order valence-corrected chi connectivity index (χ0v) is 21.5. The molecular weight excluding hydrogens is 468 g/mol. The number of aliphatic hydroxyl groups excluding tert-OH is 1. The van der Waals surface area contributed by atoms with Gasteiger partial charge in [-0.15, -0.1) is 0 Å². The molecular formula is C30H36N2O5. The van der Waals surface area contributed by atoms with E-state index in [2.05, 4.69) is 47.1 Å². The SMILES string of the molecule is C=C(NC[C@@H](O)CN(CC1=CCC(OC)C=C1OC)C1Cc2ccccc2C1)c1ccc(C(=O)O)cc1. The summed E-state index contributed by atoms with van der Waals surface area (Å²) in [6.45, 7) is 5.54. The van der Waals surface area contributed by atoms with Crippen LogP contribution in [0.2, 0.25) is 0 Å². The zero-order chi connectivity index (χ0) is 26.4. The van der Waals surface area contributed by atoms with Crippen molar-refractivity contribution >= 4 is 11.7 Å². The third-order valence-electron chi connectivity index (χ3n) is 7.17. The monoisotopic (exact) mass is 504 g/mol. The molecule has 0 aliphatic heterocycles. The smallest absolute Gasteiger partial charge is 0.335 e. The lowest BCUT2D eigenvalue weighted by molar-refractivity contribution is 0.0697. The fourth-order valence-corrected chi connectivity index (χ4v) is 5.06. The maximum Gasteiger partial charge on any atom is 0.335 e. The van der Waals surface area contributed by atoms with Gasteiger partial charge in [-0.05, 0) is 54.2 Å². The van der Waals surface area contributed by atoms with E-state index >= 15 is 0 Å². The molecule has 0 bridgehead atoms. The van der Waals surface area contributed by atoms with E-state index in [1.54, 1.807) is 38.5 Å². The summed E-state index contributed by atoms with van der Waals surface area (Å²) in [6.07, 6.45) is 6.25. The molecule has 0 radical (unpaired) electrons. The third kappa shape index (κ3) is 6.68. The summed E-state index contributed by atoms with van der Waals surface area (Å²) in [5, 5.41) is 23.3. The minimum Gasteiger partial charge on any atom is -0.497 e. The van der Waals surface area contributed by atoms with Gasteiger partial charge >= 0.3 is 5.97 Å². The predicted molar refractivity (Wildman–Crippen MR) is 144 cm³/mol. The number of nitrogens with zero attached hydrogens (tertiary/aromatic N) is 1. The van der Waals surface area contributed by atoms with E-state index in [0.717, 1.165) is 36.2 Å². The molecule has 0 spiro atoms. The molecule has 0 saturated carbocycles. The van der Waals surface area contributed by atoms with Crippen molar-refractivity contribution in [2.75, 3.05) is 33.9 Å². The molecule has 2 aliphatic rings. The normalized spacial score (nSPS) is 18.1. The van der Waals surface area contributed by atoms with E-state index in [4.69, 9.17) is 14.6 Å². The Bertz CT molecular complexity index is 1150. The zero-order valence-electron chi connectivity index (χ0n) is 21.5. The van der Waals surface area contributed by atoms with Crippen molar-refractivity contribution in [2.45, 2.75) is 37.5 Å². The van der Waals surface area contributed by atoms with Crippen molar-refractivity contribution in [1.29, 1.82) is 0 Å². The maximum absolute atomic E-state index is 11.1. The molecule has 37 heavy (non-hydrogen) atoms. The summed E-state index contributed by atoms with van der Waals surface area (Å²) in [5.41, 5.74) is 5.49. The van der Waals surface area contributed by atoms with E-state index in [-0.39, 0.29) is 17.7 Å². The number of hydrogen-bond acceptors (Lipinski definition) is 6. The number of benzene rings is 2. The standard InChI is InChI=1S/C30H36N2O5/c1-20(21-8-10-22(11-9-21)30(34)35)31-17-27(33)19-32(26-14-23-6-4-5-7-24(23)15-26)18-25-12-13-28(36-2)16-29(25)37-3/h4-12,16,26-28,31,33H,1,13-15,17-19H2,2-3H3,(H,34,35)/t27-,28?/m1/s1. The van der Waals surface area contributed by atoms with Crippen LogP contribution in [0.3, 0.4) is 0 Å². The van der Waals surface area contributed by atoms with Crippen molar-refractivity contribution in [3.63, 3.8) is 0 Å². The van der Waals surface area contributed by atoms with E-state index in [1.165, 1.54) is 11.1 Å². The predicted octanol–water partition coefficient (Wildman–Crippen LogP) is 3.65. The molecule has 7 nitrogen and oxygen atoms in total. The molecule has 0 fully saturated rings. The molecule has 0 aromatic heterocycles. The quantitative estimate of drug-likeness (QED) is 0.406. The summed E-state index contributed by atoms with van der Waals surface area (Å²) in [6, 6.07) is 15.4. The summed E-state index contributed by atoms with van der Waals surface area (Å²) >= 11 is 0. The van der Waals surface area contributed by atoms with Gasteiger partial charge in [-0.25, -0.2) is 4.79 Å². The first-order valence-electron chi connectivity index (χ1n) is 12.6. The average molecular weight is 505 g/mol. The number of rotatable bonds is 12. The molecule has 0 heterocycles. The van der Waals surface area contributed by atoms with E-state index in [9.17, 15) is 9.90 Å². The first kappa shape index (κ1) is 26.7. The second-order valence-electron chi connectivity index (χ2n) is 9.63. The number of fused-ring (bicyclic) bond motifs is 1. The van der Waals surface area contributed by atoms with Crippen molar-refractivity contribution in [3.05, 3.63) is 101 Å². The van der Waals surface area contributed by atoms with Crippen LogP contribution < -0.4 is 5.32 Å². The highest BCUT2D eigenvalue weighted by atomic mass is 16.5. The minimum absolute atomic E-state index is 0.00764. The Kier molecular flexibility index (Phi) is 8.82. The van der Waals surface area contributed by atoms with Crippen molar-refractivity contribution in [1.82, 2.24) is 10.2 Å². The summed E-state index contributed by atoms with van der Waals surface area (Å²) < 4.78 is 11.2. The molecule has 0 saturated heterocycles. The van der Waals surface area contributed by atoms with Gasteiger partial charge < -0.3 is 25.0 Å². The average Bonchev–Trinajstić information content (AvgIpc) is 3.36. The summed E-state index contributed by atoms with van der Waals surface area (Å²) in [5.74, 6) is -0.142. The van der Waals surface area contributed by atoms with Gasteiger partial charge in [0.05, 0.1) is 24.9 Å². The molecule has 2 aromatic carbocycles. The van der Waals surface area contributed by atoms with Crippen LogP contribution in [0.1, 0.15) is 33.5 Å². The van der Waals surface area contributed by atoms with Crippen LogP contribution in [0.25, 0.3) is 5.70 Å². The van der Waals surface area contributed by atoms with Crippen LogP contribution in [-0.2, 0) is 22.3 Å². The van der Waals surface area contributed by atoms with Gasteiger partial charge in [0.25, 0.3) is 0 Å². The second kappa shape index (κ2) is 12.2. The van der Waals surface area contributed by atoms with Crippen LogP contribution >= 0.6 is 0 Å². The molecule has 7 heteroatoms. The summed E-state index contributed by atoms with van der Waals surface area (Å²) in [4.78, 5) is 13.4. The Morgan fingerprint density at radius 1 is 1.11 bits per heavy atom. The highest BCUT2D eigenvalue weighted by Crippen LogP contribution is 2.29. The van der Waals surface area contributed by atoms with Gasteiger partial charge in [-0.1, -0.05) is 49.1 Å². The van der Waals surface area contributed by atoms with Crippen LogP contribution in [0, 0.1) is 0 Å². The highest BCUT2D eigenvalue weighted by Gasteiger charge is 2.30. The molecule has 1 unspecified atom stereocenters. The van der Waals surface area contributed by atoms with Crippen molar-refractivity contribution in [2.24, 2.45) is 0 Å². The lowest BCUT2D eigenvalue weighted by Crippen LogP contribution is -2.45. The van der Waals surface area contributed by atoms with Gasteiger partial charge in [0.15, 0.2) is 0 Å². The first-order valence-corrected chi connectivity index (χ1v) is 12.6. The number of carboxylic acid groups (broad SMARTS) is 1. The van der Waals surface area contributed by atoms with Gasteiger partial charge in [0, 0.05) is 44.1 Å². The van der Waals surface area contributed by atoms with E-state index in [1.807, 2.05) is 6.08 Å². The Morgan fingerprint density at radius 3 is 2.35 bits per heavy atom. The lowest BCUT2D eigenvalue weighted by atomic mass is 10.0. The highest BCUT2D eigenvalue weighted by molar-refractivity contribution is 5.88. The van der Waals surface area contributed by atoms with Crippen LogP contribution in [0.4, 0.5) is 0 Å². The Hall–Kier alpha value is -3.39. The fraction of sp³-hybridized carbons (Fsp3) is 0.367. The Labute approximate surface area is 218 Å².